The van der Waals surface area contributed by atoms with Crippen LogP contribution in [0.4, 0.5) is 0 Å². The molecule has 0 spiro atoms. The van der Waals surface area contributed by atoms with Crippen molar-refractivity contribution in [3.8, 4) is 0 Å². The topological polar surface area (TPSA) is 66.5 Å². The Balaban J connectivity index is 1.77. The molecule has 0 radical (unpaired) electrons. The number of carbonyl (C=O) groups excluding carboxylic acids is 3. The SMILES string of the molecule is CC(=O)N1CC(C(=O)NC2CCSC2=O)C1. The van der Waals surface area contributed by atoms with Crippen molar-refractivity contribution in [1.29, 1.82) is 0 Å². The first-order chi connectivity index (χ1) is 7.58. The van der Waals surface area contributed by atoms with E-state index in [0.29, 0.717) is 13.1 Å². The van der Waals surface area contributed by atoms with Crippen LogP contribution in [0.2, 0.25) is 0 Å². The third-order valence-electron chi connectivity index (χ3n) is 2.95. The van der Waals surface area contributed by atoms with E-state index < -0.39 is 0 Å². The summed E-state index contributed by atoms with van der Waals surface area (Å²) in [6.07, 6.45) is 0.721. The summed E-state index contributed by atoms with van der Waals surface area (Å²) in [5.74, 6) is 0.547. The number of rotatable bonds is 2. The van der Waals surface area contributed by atoms with E-state index in [1.165, 1.54) is 18.7 Å². The zero-order valence-electron chi connectivity index (χ0n) is 9.06. The summed E-state index contributed by atoms with van der Waals surface area (Å²) in [5, 5.41) is 2.79. The molecule has 1 atom stereocenters. The molecule has 2 amide bonds. The molecule has 2 aliphatic rings. The lowest BCUT2D eigenvalue weighted by Gasteiger charge is -2.37. The van der Waals surface area contributed by atoms with Crippen molar-refractivity contribution in [3.63, 3.8) is 0 Å². The van der Waals surface area contributed by atoms with Gasteiger partial charge in [0, 0.05) is 25.8 Å². The van der Waals surface area contributed by atoms with Gasteiger partial charge in [-0.25, -0.2) is 0 Å². The average molecular weight is 242 g/mol. The molecule has 88 valence electrons. The largest absolute Gasteiger partial charge is 0.345 e. The lowest BCUT2D eigenvalue weighted by atomic mass is 9.98. The van der Waals surface area contributed by atoms with Crippen LogP contribution in [0.1, 0.15) is 13.3 Å². The number of thioether (sulfide) groups is 1. The van der Waals surface area contributed by atoms with E-state index in [-0.39, 0.29) is 28.9 Å². The van der Waals surface area contributed by atoms with Gasteiger partial charge in [-0.05, 0) is 6.42 Å². The van der Waals surface area contributed by atoms with Gasteiger partial charge in [-0.3, -0.25) is 14.4 Å². The fourth-order valence-electron chi connectivity index (χ4n) is 1.82. The van der Waals surface area contributed by atoms with Crippen LogP contribution >= 0.6 is 11.8 Å². The van der Waals surface area contributed by atoms with Crippen molar-refractivity contribution >= 4 is 28.7 Å². The Bertz CT molecular complexity index is 339. The molecule has 2 aliphatic heterocycles. The third kappa shape index (κ3) is 2.21. The first-order valence-electron chi connectivity index (χ1n) is 5.30. The van der Waals surface area contributed by atoms with Gasteiger partial charge in [0.15, 0.2) is 0 Å². The van der Waals surface area contributed by atoms with Gasteiger partial charge < -0.3 is 10.2 Å². The van der Waals surface area contributed by atoms with Gasteiger partial charge in [0.1, 0.15) is 0 Å². The van der Waals surface area contributed by atoms with Crippen LogP contribution in [-0.4, -0.2) is 46.7 Å². The maximum Gasteiger partial charge on any atom is 0.227 e. The zero-order chi connectivity index (χ0) is 11.7. The number of carbonyl (C=O) groups is 3. The van der Waals surface area contributed by atoms with E-state index in [2.05, 4.69) is 5.32 Å². The van der Waals surface area contributed by atoms with Gasteiger partial charge in [-0.15, -0.1) is 0 Å². The molecule has 0 bridgehead atoms. The Morgan fingerprint density at radius 1 is 1.44 bits per heavy atom. The number of nitrogens with one attached hydrogen (secondary N) is 1. The molecule has 0 saturated carbocycles. The fourth-order valence-corrected chi connectivity index (χ4v) is 2.75. The monoisotopic (exact) mass is 242 g/mol. The highest BCUT2D eigenvalue weighted by atomic mass is 32.2. The molecule has 5 nitrogen and oxygen atoms in total. The number of amides is 2. The molecule has 1 N–H and O–H groups in total. The van der Waals surface area contributed by atoms with Gasteiger partial charge >= 0.3 is 0 Å². The molecule has 6 heteroatoms. The van der Waals surface area contributed by atoms with Crippen molar-refractivity contribution in [1.82, 2.24) is 10.2 Å². The summed E-state index contributed by atoms with van der Waals surface area (Å²) < 4.78 is 0. The molecular weight excluding hydrogens is 228 g/mol. The molecule has 2 heterocycles. The van der Waals surface area contributed by atoms with Gasteiger partial charge in [0.2, 0.25) is 16.9 Å². The molecule has 2 fully saturated rings. The van der Waals surface area contributed by atoms with E-state index in [4.69, 9.17) is 0 Å². The standard InChI is InChI=1S/C10H14N2O3S/c1-6(13)12-4-7(5-12)9(14)11-8-2-3-16-10(8)15/h7-8H,2-5H2,1H3,(H,11,14). The van der Waals surface area contributed by atoms with E-state index in [9.17, 15) is 14.4 Å². The smallest absolute Gasteiger partial charge is 0.227 e. The van der Waals surface area contributed by atoms with Crippen LogP contribution in [0.15, 0.2) is 0 Å². The van der Waals surface area contributed by atoms with Crippen LogP contribution in [0.25, 0.3) is 0 Å². The number of hydrogen-bond acceptors (Lipinski definition) is 4. The summed E-state index contributed by atoms with van der Waals surface area (Å²) in [4.78, 5) is 35.5. The highest BCUT2D eigenvalue weighted by Gasteiger charge is 2.36. The molecule has 0 aromatic carbocycles. The van der Waals surface area contributed by atoms with Crippen molar-refractivity contribution in [2.45, 2.75) is 19.4 Å². The van der Waals surface area contributed by atoms with Crippen LogP contribution in [0.5, 0.6) is 0 Å². The second-order valence-corrected chi connectivity index (χ2v) is 5.24. The Labute approximate surface area is 97.9 Å². The Morgan fingerprint density at radius 3 is 2.62 bits per heavy atom. The minimum absolute atomic E-state index is 0.00320. The minimum atomic E-state index is -0.316. The maximum absolute atomic E-state index is 11.7. The number of likely N-dealkylation sites (tertiary alicyclic amines) is 1. The Morgan fingerprint density at radius 2 is 2.12 bits per heavy atom. The van der Waals surface area contributed by atoms with Crippen LogP contribution in [0.3, 0.4) is 0 Å². The van der Waals surface area contributed by atoms with Gasteiger partial charge in [0.25, 0.3) is 0 Å². The van der Waals surface area contributed by atoms with Crippen LogP contribution in [-0.2, 0) is 14.4 Å². The summed E-state index contributed by atoms with van der Waals surface area (Å²) >= 11 is 1.27. The average Bonchev–Trinajstić information content (AvgIpc) is 2.48. The van der Waals surface area contributed by atoms with Crippen molar-refractivity contribution < 1.29 is 14.4 Å². The molecule has 1 unspecified atom stereocenters. The summed E-state index contributed by atoms with van der Waals surface area (Å²) in [6.45, 7) is 2.45. The predicted octanol–water partition coefficient (Wildman–Crippen LogP) is -0.387. The van der Waals surface area contributed by atoms with Gasteiger partial charge in [-0.2, -0.15) is 0 Å². The predicted molar refractivity (Wildman–Crippen MR) is 59.8 cm³/mol. The maximum atomic E-state index is 11.7. The van der Waals surface area contributed by atoms with Crippen molar-refractivity contribution in [2.24, 2.45) is 5.92 Å². The molecule has 0 aliphatic carbocycles. The first kappa shape index (κ1) is 11.4. The lowest BCUT2D eigenvalue weighted by Crippen LogP contribution is -2.56. The highest BCUT2D eigenvalue weighted by Crippen LogP contribution is 2.21. The minimum Gasteiger partial charge on any atom is -0.345 e. The molecule has 16 heavy (non-hydrogen) atoms. The Kier molecular flexibility index (Phi) is 3.18. The Hall–Kier alpha value is -1.04. The quantitative estimate of drug-likeness (QED) is 0.716. The molecule has 2 rings (SSSR count). The van der Waals surface area contributed by atoms with E-state index in [1.54, 1.807) is 4.90 Å². The molecule has 2 saturated heterocycles. The van der Waals surface area contributed by atoms with Crippen molar-refractivity contribution in [2.75, 3.05) is 18.8 Å². The summed E-state index contributed by atoms with van der Waals surface area (Å²) in [7, 11) is 0. The normalized spacial score (nSPS) is 25.4. The molecule has 0 aromatic heterocycles. The van der Waals surface area contributed by atoms with Crippen LogP contribution < -0.4 is 5.32 Å². The highest BCUT2D eigenvalue weighted by molar-refractivity contribution is 8.14. The molecule has 0 aromatic rings. The van der Waals surface area contributed by atoms with Crippen molar-refractivity contribution in [3.05, 3.63) is 0 Å². The number of hydrogen-bond donors (Lipinski definition) is 1. The third-order valence-corrected chi connectivity index (χ3v) is 3.96. The first-order valence-corrected chi connectivity index (χ1v) is 6.29. The van der Waals surface area contributed by atoms with E-state index in [0.717, 1.165) is 12.2 Å². The number of nitrogens with zero attached hydrogens (tertiary/aromatic N) is 1. The van der Waals surface area contributed by atoms with E-state index in [1.807, 2.05) is 0 Å². The van der Waals surface area contributed by atoms with Gasteiger partial charge in [0.05, 0.1) is 12.0 Å². The van der Waals surface area contributed by atoms with E-state index >= 15 is 0 Å². The zero-order valence-corrected chi connectivity index (χ0v) is 9.88. The molecular formula is C10H14N2O3S. The van der Waals surface area contributed by atoms with Crippen LogP contribution in [0, 0.1) is 5.92 Å². The van der Waals surface area contributed by atoms with Gasteiger partial charge in [-0.1, -0.05) is 11.8 Å². The second kappa shape index (κ2) is 4.45. The summed E-state index contributed by atoms with van der Waals surface area (Å²) in [6, 6.07) is -0.316. The summed E-state index contributed by atoms with van der Waals surface area (Å²) in [5.41, 5.74) is 0. The second-order valence-electron chi connectivity index (χ2n) is 4.14. The fraction of sp³-hybridized carbons (Fsp3) is 0.700. The lowest BCUT2D eigenvalue weighted by molar-refractivity contribution is -0.142.